The van der Waals surface area contributed by atoms with Gasteiger partial charge in [-0.2, -0.15) is 4.98 Å². The van der Waals surface area contributed by atoms with Crippen molar-refractivity contribution >= 4 is 23.2 Å². The van der Waals surface area contributed by atoms with Crippen LogP contribution in [0.5, 0.6) is 6.01 Å². The molecule has 0 saturated heterocycles. The molecule has 0 aliphatic rings. The molecule has 1 aromatic heterocycles. The van der Waals surface area contributed by atoms with E-state index in [4.69, 9.17) is 21.1 Å². The maximum atomic E-state index is 14.4. The lowest BCUT2D eigenvalue weighted by atomic mass is 10.2. The Morgan fingerprint density at radius 1 is 1.17 bits per heavy atom. The van der Waals surface area contributed by atoms with Crippen molar-refractivity contribution in [2.75, 3.05) is 31.0 Å². The first-order valence-electron chi connectivity index (χ1n) is 9.01. The van der Waals surface area contributed by atoms with Gasteiger partial charge in [0.2, 0.25) is 5.91 Å². The second kappa shape index (κ2) is 9.99. The van der Waals surface area contributed by atoms with Gasteiger partial charge in [0.15, 0.2) is 5.82 Å². The van der Waals surface area contributed by atoms with E-state index in [0.717, 1.165) is 0 Å². The average Bonchev–Trinajstić information content (AvgIpc) is 3.16. The molecule has 0 unspecified atom stereocenters. The van der Waals surface area contributed by atoms with E-state index >= 15 is 0 Å². The van der Waals surface area contributed by atoms with Crippen molar-refractivity contribution in [3.05, 3.63) is 54.3 Å². The maximum Gasteiger partial charge on any atom is 0.336 e. The number of carbonyl (C=O) groups is 1. The summed E-state index contributed by atoms with van der Waals surface area (Å²) in [5.74, 6) is -0.567. The number of ether oxygens (including phenoxy) is 2. The molecule has 3 rings (SSSR count). The summed E-state index contributed by atoms with van der Waals surface area (Å²) in [6, 6.07) is 13.3. The van der Waals surface area contributed by atoms with E-state index in [1.165, 1.54) is 10.7 Å². The van der Waals surface area contributed by atoms with Gasteiger partial charge in [-0.25, -0.2) is 9.07 Å². The van der Waals surface area contributed by atoms with Crippen LogP contribution in [0.2, 0.25) is 0 Å². The van der Waals surface area contributed by atoms with Crippen LogP contribution in [0, 0.1) is 5.82 Å². The van der Waals surface area contributed by atoms with Crippen LogP contribution in [-0.2, 0) is 9.53 Å². The van der Waals surface area contributed by atoms with Crippen molar-refractivity contribution in [2.24, 2.45) is 0 Å². The van der Waals surface area contributed by atoms with Crippen LogP contribution in [0.4, 0.5) is 10.1 Å². The summed E-state index contributed by atoms with van der Waals surface area (Å²) in [5.41, 5.74) is 1.50. The van der Waals surface area contributed by atoms with E-state index in [1.807, 2.05) is 6.92 Å². The molecule has 3 aromatic rings. The van der Waals surface area contributed by atoms with Gasteiger partial charge in [-0.15, -0.1) is 16.7 Å². The molecule has 0 radical (unpaired) electrons. The molecular formula is C20H20ClFN4O3. The monoisotopic (exact) mass is 418 g/mol. The fraction of sp³-hybridized carbons (Fsp3) is 0.250. The highest BCUT2D eigenvalue weighted by molar-refractivity contribution is 6.29. The molecule has 2 aromatic carbocycles. The van der Waals surface area contributed by atoms with E-state index < -0.39 is 5.82 Å². The lowest BCUT2D eigenvalue weighted by Gasteiger charge is -2.08. The van der Waals surface area contributed by atoms with Gasteiger partial charge in [0, 0.05) is 12.3 Å². The highest BCUT2D eigenvalue weighted by atomic mass is 35.5. The van der Waals surface area contributed by atoms with Crippen LogP contribution in [0.3, 0.4) is 0 Å². The van der Waals surface area contributed by atoms with Gasteiger partial charge in [-0.05, 0) is 43.3 Å². The molecule has 0 saturated carbocycles. The van der Waals surface area contributed by atoms with Gasteiger partial charge in [0.25, 0.3) is 0 Å². The summed E-state index contributed by atoms with van der Waals surface area (Å²) in [6.45, 7) is 3.15. The van der Waals surface area contributed by atoms with Crippen molar-refractivity contribution in [2.45, 2.75) is 6.92 Å². The largest absolute Gasteiger partial charge is 0.460 e. The Balaban J connectivity index is 1.92. The van der Waals surface area contributed by atoms with Gasteiger partial charge >= 0.3 is 6.01 Å². The zero-order valence-electron chi connectivity index (χ0n) is 15.8. The number of halogens is 2. The highest BCUT2D eigenvalue weighted by Crippen LogP contribution is 2.26. The topological polar surface area (TPSA) is 78.3 Å². The molecule has 1 heterocycles. The number of nitrogens with one attached hydrogen (secondary N) is 1. The summed E-state index contributed by atoms with van der Waals surface area (Å²) in [4.78, 5) is 15.8. The van der Waals surface area contributed by atoms with E-state index in [1.54, 1.807) is 42.5 Å². The smallest absolute Gasteiger partial charge is 0.336 e. The minimum absolute atomic E-state index is 0.113. The number of hydrogen-bond acceptors (Lipinski definition) is 5. The van der Waals surface area contributed by atoms with Crippen LogP contribution < -0.4 is 10.1 Å². The molecule has 9 heteroatoms. The SMILES string of the molecule is CCOCCOc1nc(-c2ccccc2F)n(-c2ccc(NC(=O)CCl)cc2)n1. The molecule has 0 spiro atoms. The zero-order chi connectivity index (χ0) is 20.6. The summed E-state index contributed by atoms with van der Waals surface area (Å²) in [5, 5.41) is 7.01. The van der Waals surface area contributed by atoms with Crippen LogP contribution in [0.15, 0.2) is 48.5 Å². The van der Waals surface area contributed by atoms with E-state index in [9.17, 15) is 9.18 Å². The molecule has 0 aliphatic heterocycles. The molecular weight excluding hydrogens is 399 g/mol. The highest BCUT2D eigenvalue weighted by Gasteiger charge is 2.17. The Kier molecular flexibility index (Phi) is 7.15. The fourth-order valence-corrected chi connectivity index (χ4v) is 2.63. The lowest BCUT2D eigenvalue weighted by molar-refractivity contribution is -0.113. The Morgan fingerprint density at radius 2 is 1.93 bits per heavy atom. The van der Waals surface area contributed by atoms with Gasteiger partial charge in [-0.3, -0.25) is 4.79 Å². The number of nitrogens with zero attached hydrogens (tertiary/aromatic N) is 3. The van der Waals surface area contributed by atoms with Crippen molar-refractivity contribution in [1.29, 1.82) is 0 Å². The van der Waals surface area contributed by atoms with Gasteiger partial charge in [0.1, 0.15) is 18.3 Å². The van der Waals surface area contributed by atoms with Crippen LogP contribution in [0.1, 0.15) is 6.92 Å². The quantitative estimate of drug-likeness (QED) is 0.424. The second-order valence-electron chi connectivity index (χ2n) is 5.88. The predicted molar refractivity (Wildman–Crippen MR) is 108 cm³/mol. The number of benzene rings is 2. The molecule has 7 nitrogen and oxygen atoms in total. The first-order valence-corrected chi connectivity index (χ1v) is 9.54. The Hall–Kier alpha value is -2.97. The summed E-state index contributed by atoms with van der Waals surface area (Å²) in [6.07, 6.45) is 0. The summed E-state index contributed by atoms with van der Waals surface area (Å²) in [7, 11) is 0. The van der Waals surface area contributed by atoms with Crippen molar-refractivity contribution < 1.29 is 18.7 Å². The Morgan fingerprint density at radius 3 is 2.62 bits per heavy atom. The standard InChI is InChI=1S/C20H20ClFN4O3/c1-2-28-11-12-29-20-24-19(16-5-3-4-6-17(16)22)26(25-20)15-9-7-14(8-10-15)23-18(27)13-21/h3-10H,2,11-13H2,1H3,(H,23,27). The van der Waals surface area contributed by atoms with Crippen LogP contribution >= 0.6 is 11.6 Å². The molecule has 29 heavy (non-hydrogen) atoms. The van der Waals surface area contributed by atoms with E-state index in [0.29, 0.717) is 36.0 Å². The number of aromatic nitrogens is 3. The molecule has 1 amide bonds. The third kappa shape index (κ3) is 5.30. The molecule has 152 valence electrons. The first kappa shape index (κ1) is 20.8. The number of hydrogen-bond donors (Lipinski definition) is 1. The number of anilines is 1. The second-order valence-corrected chi connectivity index (χ2v) is 6.15. The number of alkyl halides is 1. The zero-order valence-corrected chi connectivity index (χ0v) is 16.5. The minimum atomic E-state index is -0.423. The van der Waals surface area contributed by atoms with Crippen LogP contribution in [0.25, 0.3) is 17.1 Å². The van der Waals surface area contributed by atoms with Gasteiger partial charge in [0.05, 0.1) is 17.9 Å². The van der Waals surface area contributed by atoms with Crippen molar-refractivity contribution in [3.8, 4) is 23.1 Å². The van der Waals surface area contributed by atoms with Gasteiger partial charge < -0.3 is 14.8 Å². The number of amides is 1. The Bertz CT molecular complexity index is 963. The summed E-state index contributed by atoms with van der Waals surface area (Å²) < 4.78 is 26.6. The van der Waals surface area contributed by atoms with Gasteiger partial charge in [-0.1, -0.05) is 12.1 Å². The third-order valence-electron chi connectivity index (χ3n) is 3.88. The normalized spacial score (nSPS) is 10.7. The number of carbonyl (C=O) groups excluding carboxylic acids is 1. The molecule has 0 fully saturated rings. The molecule has 0 bridgehead atoms. The fourth-order valence-electron chi connectivity index (χ4n) is 2.57. The minimum Gasteiger partial charge on any atom is -0.460 e. The predicted octanol–water partition coefficient (Wildman–Crippen LogP) is 3.67. The number of rotatable bonds is 9. The maximum absolute atomic E-state index is 14.4. The van der Waals surface area contributed by atoms with Crippen LogP contribution in [-0.4, -0.2) is 46.4 Å². The third-order valence-corrected chi connectivity index (χ3v) is 4.13. The Labute approximate surface area is 172 Å². The van der Waals surface area contributed by atoms with Crippen molar-refractivity contribution in [3.63, 3.8) is 0 Å². The van der Waals surface area contributed by atoms with E-state index in [-0.39, 0.29) is 24.4 Å². The lowest BCUT2D eigenvalue weighted by Crippen LogP contribution is -2.12. The summed E-state index contributed by atoms with van der Waals surface area (Å²) >= 11 is 5.50. The van der Waals surface area contributed by atoms with E-state index in [2.05, 4.69) is 15.4 Å². The average molecular weight is 419 g/mol. The van der Waals surface area contributed by atoms with Crippen molar-refractivity contribution in [1.82, 2.24) is 14.8 Å². The molecule has 0 atom stereocenters. The first-order chi connectivity index (χ1) is 14.1. The molecule has 0 aliphatic carbocycles. The molecule has 1 N–H and O–H groups in total.